The highest BCUT2D eigenvalue weighted by atomic mass is 35.5. The lowest BCUT2D eigenvalue weighted by Crippen LogP contribution is -2.40. The molecule has 0 radical (unpaired) electrons. The normalized spacial score (nSPS) is 14.9. The van der Waals surface area contributed by atoms with E-state index in [0.29, 0.717) is 53.3 Å². The highest BCUT2D eigenvalue weighted by molar-refractivity contribution is 6.31. The Labute approximate surface area is 166 Å². The van der Waals surface area contributed by atoms with E-state index < -0.39 is 6.09 Å². The molecule has 3 aromatic rings. The third-order valence-corrected chi connectivity index (χ3v) is 4.87. The number of morpholine rings is 1. The zero-order valence-corrected chi connectivity index (χ0v) is 16.5. The molecule has 4 rings (SSSR count). The largest absolute Gasteiger partial charge is 0.449 e. The second-order valence-electron chi connectivity index (χ2n) is 7.20. The number of hydrogen-bond acceptors (Lipinski definition) is 5. The van der Waals surface area contributed by atoms with E-state index in [9.17, 15) is 9.59 Å². The quantitative estimate of drug-likeness (QED) is 0.655. The first-order chi connectivity index (χ1) is 13.5. The minimum Gasteiger partial charge on any atom is -0.449 e. The van der Waals surface area contributed by atoms with E-state index >= 15 is 0 Å². The van der Waals surface area contributed by atoms with Crippen LogP contribution in [0, 0.1) is 5.92 Å². The fourth-order valence-electron chi connectivity index (χ4n) is 3.28. The van der Waals surface area contributed by atoms with Crippen molar-refractivity contribution >= 4 is 45.6 Å². The van der Waals surface area contributed by atoms with Crippen LogP contribution in [0.2, 0.25) is 5.02 Å². The van der Waals surface area contributed by atoms with Crippen LogP contribution in [0.5, 0.6) is 0 Å². The number of nitrogens with zero attached hydrogens (tertiary/aromatic N) is 2. The van der Waals surface area contributed by atoms with Gasteiger partial charge in [-0.25, -0.2) is 9.36 Å². The number of aromatic nitrogens is 1. The molecule has 0 atom stereocenters. The average Bonchev–Trinajstić information content (AvgIpc) is 3.22. The van der Waals surface area contributed by atoms with Crippen LogP contribution < -0.4 is 0 Å². The number of halogens is 1. The van der Waals surface area contributed by atoms with Gasteiger partial charge >= 0.3 is 6.09 Å². The molecular formula is C20H21ClN2O5. The van der Waals surface area contributed by atoms with Crippen LogP contribution in [0.1, 0.15) is 24.4 Å². The molecule has 1 aliphatic rings. The lowest BCUT2D eigenvalue weighted by atomic mass is 10.2. The predicted octanol–water partition coefficient (Wildman–Crippen LogP) is 4.15. The summed E-state index contributed by atoms with van der Waals surface area (Å²) in [7, 11) is 0. The van der Waals surface area contributed by atoms with Gasteiger partial charge in [0.1, 0.15) is 0 Å². The highest BCUT2D eigenvalue weighted by Crippen LogP contribution is 2.34. The van der Waals surface area contributed by atoms with Gasteiger partial charge < -0.3 is 18.8 Å². The van der Waals surface area contributed by atoms with Crippen molar-refractivity contribution in [1.29, 1.82) is 0 Å². The maximum atomic E-state index is 12.8. The van der Waals surface area contributed by atoms with E-state index in [4.69, 9.17) is 25.5 Å². The highest BCUT2D eigenvalue weighted by Gasteiger charge is 2.26. The monoisotopic (exact) mass is 404 g/mol. The van der Waals surface area contributed by atoms with Gasteiger partial charge in [0.25, 0.3) is 5.91 Å². The van der Waals surface area contributed by atoms with Crippen LogP contribution in [0.15, 0.2) is 28.7 Å². The molecular weight excluding hydrogens is 384 g/mol. The van der Waals surface area contributed by atoms with Crippen molar-refractivity contribution in [2.24, 2.45) is 5.92 Å². The standard InChI is InChI=1S/C20H21ClN2O5/c1-12(2)11-27-20(25)23-15-9-13(21)3-4-14(15)18-16(23)10-17(28-18)19(24)22-5-7-26-8-6-22/h3-4,9-10,12H,5-8,11H2,1-2H3. The van der Waals surface area contributed by atoms with Crippen LogP contribution in [0.3, 0.4) is 0 Å². The molecule has 1 amide bonds. The second kappa shape index (κ2) is 7.48. The molecule has 3 heterocycles. The fraction of sp³-hybridized carbons (Fsp3) is 0.400. The van der Waals surface area contributed by atoms with E-state index in [1.165, 1.54) is 4.57 Å². The SMILES string of the molecule is CC(C)COC(=O)n1c2cc(Cl)ccc2c2oc(C(=O)N3CCOCC3)cc21. The summed E-state index contributed by atoms with van der Waals surface area (Å²) in [4.78, 5) is 27.2. The van der Waals surface area contributed by atoms with Crippen LogP contribution in [0.4, 0.5) is 4.79 Å². The van der Waals surface area contributed by atoms with Crippen LogP contribution >= 0.6 is 11.6 Å². The topological polar surface area (TPSA) is 73.9 Å². The van der Waals surface area contributed by atoms with Crippen molar-refractivity contribution in [2.45, 2.75) is 13.8 Å². The Balaban J connectivity index is 1.80. The van der Waals surface area contributed by atoms with Gasteiger partial charge in [-0.3, -0.25) is 4.79 Å². The molecule has 1 fully saturated rings. The number of furan rings is 1. The van der Waals surface area contributed by atoms with Crippen molar-refractivity contribution in [1.82, 2.24) is 9.47 Å². The van der Waals surface area contributed by atoms with Crippen molar-refractivity contribution < 1.29 is 23.5 Å². The summed E-state index contributed by atoms with van der Waals surface area (Å²) in [6.45, 7) is 6.24. The van der Waals surface area contributed by atoms with Crippen LogP contribution in [-0.2, 0) is 9.47 Å². The Morgan fingerprint density at radius 1 is 1.18 bits per heavy atom. The minimum absolute atomic E-state index is 0.189. The zero-order chi connectivity index (χ0) is 19.8. The van der Waals surface area contributed by atoms with Crippen molar-refractivity contribution in [2.75, 3.05) is 32.9 Å². The van der Waals surface area contributed by atoms with Crippen LogP contribution in [-0.4, -0.2) is 54.4 Å². The molecule has 0 saturated carbocycles. The van der Waals surface area contributed by atoms with Gasteiger partial charge in [-0.2, -0.15) is 0 Å². The summed E-state index contributed by atoms with van der Waals surface area (Å²) < 4.78 is 18.0. The van der Waals surface area contributed by atoms with E-state index in [1.54, 1.807) is 29.2 Å². The maximum absolute atomic E-state index is 12.8. The third kappa shape index (κ3) is 3.36. The molecule has 7 nitrogen and oxygen atoms in total. The average molecular weight is 405 g/mol. The Hall–Kier alpha value is -2.51. The van der Waals surface area contributed by atoms with E-state index in [1.807, 2.05) is 13.8 Å². The number of hydrogen-bond donors (Lipinski definition) is 0. The van der Waals surface area contributed by atoms with Crippen molar-refractivity contribution in [3.8, 4) is 0 Å². The second-order valence-corrected chi connectivity index (χ2v) is 7.63. The van der Waals surface area contributed by atoms with Gasteiger partial charge in [-0.05, 0) is 24.1 Å². The first kappa shape index (κ1) is 18.8. The smallest absolute Gasteiger partial charge is 0.419 e. The molecule has 148 valence electrons. The van der Waals surface area contributed by atoms with Crippen LogP contribution in [0.25, 0.3) is 22.0 Å². The number of ether oxygens (including phenoxy) is 2. The fourth-order valence-corrected chi connectivity index (χ4v) is 3.45. The Morgan fingerprint density at radius 2 is 1.93 bits per heavy atom. The van der Waals surface area contributed by atoms with Gasteiger partial charge in [-0.1, -0.05) is 25.4 Å². The molecule has 8 heteroatoms. The molecule has 28 heavy (non-hydrogen) atoms. The van der Waals surface area contributed by atoms with Gasteiger partial charge in [0.05, 0.1) is 30.9 Å². The van der Waals surface area contributed by atoms with E-state index in [0.717, 1.165) is 0 Å². The lowest BCUT2D eigenvalue weighted by molar-refractivity contribution is 0.0284. The number of amides is 1. The molecule has 1 aromatic carbocycles. The lowest BCUT2D eigenvalue weighted by Gasteiger charge is -2.25. The first-order valence-corrected chi connectivity index (χ1v) is 9.61. The van der Waals surface area contributed by atoms with Crippen molar-refractivity contribution in [3.05, 3.63) is 35.0 Å². The van der Waals surface area contributed by atoms with Gasteiger partial charge in [0.15, 0.2) is 11.3 Å². The number of fused-ring (bicyclic) bond motifs is 3. The molecule has 0 aliphatic carbocycles. The molecule has 0 N–H and O–H groups in total. The zero-order valence-electron chi connectivity index (χ0n) is 15.7. The molecule has 1 aliphatic heterocycles. The van der Waals surface area contributed by atoms with Gasteiger partial charge in [0, 0.05) is 29.6 Å². The van der Waals surface area contributed by atoms with E-state index in [-0.39, 0.29) is 24.2 Å². The van der Waals surface area contributed by atoms with Crippen molar-refractivity contribution in [3.63, 3.8) is 0 Å². The molecule has 1 saturated heterocycles. The maximum Gasteiger partial charge on any atom is 0.419 e. The first-order valence-electron chi connectivity index (χ1n) is 9.23. The Kier molecular flexibility index (Phi) is 5.03. The Bertz CT molecular complexity index is 1050. The van der Waals surface area contributed by atoms with E-state index in [2.05, 4.69) is 0 Å². The summed E-state index contributed by atoms with van der Waals surface area (Å²) in [5.74, 6) is 0.172. The Morgan fingerprint density at radius 3 is 2.64 bits per heavy atom. The summed E-state index contributed by atoms with van der Waals surface area (Å²) in [6, 6.07) is 6.78. The number of carbonyl (C=O) groups excluding carboxylic acids is 2. The predicted molar refractivity (Wildman–Crippen MR) is 105 cm³/mol. The summed E-state index contributed by atoms with van der Waals surface area (Å²) >= 11 is 6.13. The van der Waals surface area contributed by atoms with Gasteiger partial charge in [0.2, 0.25) is 0 Å². The number of carbonyl (C=O) groups is 2. The number of benzene rings is 1. The number of rotatable bonds is 3. The minimum atomic E-state index is -0.526. The summed E-state index contributed by atoms with van der Waals surface area (Å²) in [5.41, 5.74) is 1.53. The molecule has 0 bridgehead atoms. The summed E-state index contributed by atoms with van der Waals surface area (Å²) in [5, 5.41) is 1.19. The summed E-state index contributed by atoms with van der Waals surface area (Å²) in [6.07, 6.45) is -0.526. The third-order valence-electron chi connectivity index (χ3n) is 4.63. The molecule has 0 spiro atoms. The van der Waals surface area contributed by atoms with Gasteiger partial charge in [-0.15, -0.1) is 0 Å². The molecule has 2 aromatic heterocycles. The molecule has 0 unspecified atom stereocenters.